The van der Waals surface area contributed by atoms with Crippen LogP contribution in [0, 0.1) is 29.1 Å². The van der Waals surface area contributed by atoms with E-state index in [0.717, 1.165) is 0 Å². The van der Waals surface area contributed by atoms with Crippen LogP contribution in [0.2, 0.25) is 0 Å². The molecule has 1 aliphatic carbocycles. The summed E-state index contributed by atoms with van der Waals surface area (Å²) in [7, 11) is 0. The highest BCUT2D eigenvalue weighted by atomic mass is 32.2. The largest absolute Gasteiger partial charge is 0.505 e. The van der Waals surface area contributed by atoms with Gasteiger partial charge in [0.1, 0.15) is 29.3 Å². The van der Waals surface area contributed by atoms with Crippen LogP contribution in [0.4, 0.5) is 22.0 Å². The van der Waals surface area contributed by atoms with Crippen LogP contribution in [0.5, 0.6) is 5.75 Å². The number of benzene rings is 3. The maximum absolute atomic E-state index is 16.2. The number of aromatic carboxylic acids is 1. The van der Waals surface area contributed by atoms with Crippen molar-refractivity contribution in [2.24, 2.45) is 0 Å². The molecule has 2 aromatic rings. The van der Waals surface area contributed by atoms with Crippen LogP contribution in [-0.2, 0) is 19.2 Å². The minimum absolute atomic E-state index is 0.0688. The lowest BCUT2D eigenvalue weighted by atomic mass is 9.89. The Morgan fingerprint density at radius 1 is 0.907 bits per heavy atom. The van der Waals surface area contributed by atoms with E-state index in [1.54, 1.807) is 0 Å². The number of ketones is 1. The molecule has 0 aromatic heterocycles. The summed E-state index contributed by atoms with van der Waals surface area (Å²) >= 11 is 0.0688. The average molecular weight is 623 g/mol. The Labute approximate surface area is 239 Å². The molecular weight excluding hydrogens is 609 g/mol. The van der Waals surface area contributed by atoms with Crippen molar-refractivity contribution in [3.05, 3.63) is 69.1 Å². The molecule has 2 N–H and O–H groups in total. The van der Waals surface area contributed by atoms with Crippen LogP contribution in [0.3, 0.4) is 0 Å². The molecule has 0 spiro atoms. The molecule has 1 saturated heterocycles. The number of carbonyl (C=O) groups excluding carboxylic acids is 3. The fourth-order valence-electron chi connectivity index (χ4n) is 4.40. The number of Topliss-reactive ketones (excluding diaryl/α,β-unsaturated/α-hetero) is 1. The van der Waals surface area contributed by atoms with Gasteiger partial charge in [-0.05, 0) is 12.1 Å². The van der Waals surface area contributed by atoms with Crippen LogP contribution in [0.15, 0.2) is 38.4 Å². The summed E-state index contributed by atoms with van der Waals surface area (Å²) in [6.45, 7) is -0.884. The molecule has 43 heavy (non-hydrogen) atoms. The van der Waals surface area contributed by atoms with Crippen molar-refractivity contribution in [3.63, 3.8) is 0 Å². The number of hydrogen-bond donors (Lipinski definition) is 2. The zero-order chi connectivity index (χ0) is 31.3. The highest BCUT2D eigenvalue weighted by Crippen LogP contribution is 2.46. The quantitative estimate of drug-likeness (QED) is 0.0950. The van der Waals surface area contributed by atoms with Crippen LogP contribution in [0.25, 0.3) is 33.4 Å². The number of carbonyl (C=O) groups is 4. The summed E-state index contributed by atoms with van der Waals surface area (Å²) in [5.74, 6) is -15.5. The van der Waals surface area contributed by atoms with E-state index >= 15 is 13.2 Å². The minimum atomic E-state index is -2.19. The maximum atomic E-state index is 16.2. The van der Waals surface area contributed by atoms with E-state index in [9.17, 15) is 43.0 Å². The number of amides is 2. The monoisotopic (exact) mass is 623 g/mol. The number of carboxylic acid groups (broad SMARTS) is 1. The van der Waals surface area contributed by atoms with E-state index in [0.29, 0.717) is 29.3 Å². The SMILES string of the molecule is O=C(CON1C(=O)CCC1=O)CSc1c(F)c(F)c(C(=O)O)c(-c2c3cc(F)c(=O)cc-3oc3cc(O)c(F)cc23)c1F. The molecule has 16 heteroatoms. The summed E-state index contributed by atoms with van der Waals surface area (Å²) in [6, 6.07) is 2.33. The molecule has 3 aliphatic rings. The van der Waals surface area contributed by atoms with Gasteiger partial charge in [-0.2, -0.15) is 5.06 Å². The van der Waals surface area contributed by atoms with E-state index in [4.69, 9.17) is 9.25 Å². The van der Waals surface area contributed by atoms with Gasteiger partial charge in [0.05, 0.1) is 10.6 Å². The number of phenols is 1. The Balaban J connectivity index is 1.68. The van der Waals surface area contributed by atoms with Crippen molar-refractivity contribution < 1.29 is 60.6 Å². The van der Waals surface area contributed by atoms with Crippen molar-refractivity contribution in [3.8, 4) is 28.2 Å². The molecule has 222 valence electrons. The van der Waals surface area contributed by atoms with Gasteiger partial charge in [0, 0.05) is 47.1 Å². The molecule has 0 radical (unpaired) electrons. The molecule has 10 nitrogen and oxygen atoms in total. The van der Waals surface area contributed by atoms with Crippen molar-refractivity contribution in [2.75, 3.05) is 12.4 Å². The van der Waals surface area contributed by atoms with Gasteiger partial charge < -0.3 is 14.6 Å². The highest BCUT2D eigenvalue weighted by Gasteiger charge is 2.34. The molecule has 2 amide bonds. The normalized spacial score (nSPS) is 13.5. The van der Waals surface area contributed by atoms with Crippen LogP contribution >= 0.6 is 11.8 Å². The topological polar surface area (TPSA) is 151 Å². The first kappa shape index (κ1) is 29.7. The number of phenolic OH excluding ortho intramolecular Hbond substituents is 1. The third-order valence-electron chi connectivity index (χ3n) is 6.32. The molecule has 0 saturated carbocycles. The molecule has 0 unspecified atom stereocenters. The third kappa shape index (κ3) is 5.18. The van der Waals surface area contributed by atoms with Crippen LogP contribution in [-0.4, -0.2) is 51.2 Å². The third-order valence-corrected chi connectivity index (χ3v) is 7.44. The lowest BCUT2D eigenvalue weighted by Gasteiger charge is -2.20. The van der Waals surface area contributed by atoms with Crippen LogP contribution < -0.4 is 5.43 Å². The number of nitrogens with zero attached hydrogens (tertiary/aromatic N) is 1. The van der Waals surface area contributed by atoms with Crippen LogP contribution in [0.1, 0.15) is 23.2 Å². The Morgan fingerprint density at radius 2 is 1.58 bits per heavy atom. The van der Waals surface area contributed by atoms with Crippen molar-refractivity contribution in [1.82, 2.24) is 5.06 Å². The van der Waals surface area contributed by atoms with Gasteiger partial charge in [0.2, 0.25) is 5.43 Å². The number of thioether (sulfide) groups is 1. The van der Waals surface area contributed by atoms with Gasteiger partial charge in [-0.15, -0.1) is 11.8 Å². The number of hydroxylamine groups is 2. The number of aromatic hydroxyl groups is 1. The van der Waals surface area contributed by atoms with Crippen molar-refractivity contribution in [1.29, 1.82) is 0 Å². The van der Waals surface area contributed by atoms with E-state index < -0.39 is 120 Å². The molecule has 2 heterocycles. The second-order valence-corrected chi connectivity index (χ2v) is 10.1. The minimum Gasteiger partial charge on any atom is -0.505 e. The summed E-state index contributed by atoms with van der Waals surface area (Å²) in [4.78, 5) is 63.3. The smallest absolute Gasteiger partial charge is 0.339 e. The van der Waals surface area contributed by atoms with E-state index in [2.05, 4.69) is 0 Å². The molecule has 2 aromatic carbocycles. The van der Waals surface area contributed by atoms with Gasteiger partial charge in [-0.1, -0.05) is 0 Å². The van der Waals surface area contributed by atoms with Gasteiger partial charge in [0.15, 0.2) is 34.8 Å². The van der Waals surface area contributed by atoms with Gasteiger partial charge >= 0.3 is 5.97 Å². The fraction of sp³-hybridized carbons (Fsp3) is 0.148. The van der Waals surface area contributed by atoms with Crippen molar-refractivity contribution in [2.45, 2.75) is 17.7 Å². The number of carboxylic acids is 1. The Kier molecular flexibility index (Phi) is 7.66. The summed E-state index contributed by atoms with van der Waals surface area (Å²) in [6.07, 6.45) is -0.286. The second-order valence-electron chi connectivity index (χ2n) is 9.06. The summed E-state index contributed by atoms with van der Waals surface area (Å²) in [5, 5.41) is 19.4. The lowest BCUT2D eigenvalue weighted by molar-refractivity contribution is -0.187. The lowest BCUT2D eigenvalue weighted by Crippen LogP contribution is -2.31. The maximum Gasteiger partial charge on any atom is 0.339 e. The standard InChI is InChI=1S/C27H14F5NO9S/c28-12-3-10-16(5-14(12)35)42-17-6-15(36)13(29)4-11(17)20(10)21-22(27(39)40)23(30)25(32)26(24(21)31)43-8-9(34)7-41-33-18(37)1-2-19(33)38/h3-6,35H,1-2,7-8H2,(H,39,40). The Morgan fingerprint density at radius 3 is 2.23 bits per heavy atom. The number of imide groups is 1. The first-order valence-corrected chi connectivity index (χ1v) is 12.9. The van der Waals surface area contributed by atoms with E-state index in [1.165, 1.54) is 0 Å². The zero-order valence-corrected chi connectivity index (χ0v) is 22.0. The summed E-state index contributed by atoms with van der Waals surface area (Å²) < 4.78 is 80.8. The van der Waals surface area contributed by atoms with E-state index in [1.807, 2.05) is 0 Å². The Hall–Kier alpha value is -4.83. The number of hydrogen-bond acceptors (Lipinski definition) is 9. The molecule has 0 atom stereocenters. The number of rotatable bonds is 8. The van der Waals surface area contributed by atoms with Gasteiger partial charge in [-0.3, -0.25) is 24.0 Å². The van der Waals surface area contributed by atoms with Gasteiger partial charge in [-0.25, -0.2) is 26.7 Å². The highest BCUT2D eigenvalue weighted by molar-refractivity contribution is 8.00. The number of halogens is 5. The predicted molar refractivity (Wildman–Crippen MR) is 136 cm³/mol. The predicted octanol–water partition coefficient (Wildman–Crippen LogP) is 4.41. The van der Waals surface area contributed by atoms with Crippen molar-refractivity contribution >= 4 is 46.3 Å². The molecule has 5 rings (SSSR count). The number of fused-ring (bicyclic) bond motifs is 2. The average Bonchev–Trinajstić information content (AvgIpc) is 3.26. The summed E-state index contributed by atoms with van der Waals surface area (Å²) in [5.41, 5.74) is -5.76. The Bertz CT molecular complexity index is 1910. The fourth-order valence-corrected chi connectivity index (χ4v) is 5.24. The molecule has 1 fully saturated rings. The van der Waals surface area contributed by atoms with Gasteiger partial charge in [0.25, 0.3) is 11.8 Å². The van der Waals surface area contributed by atoms with E-state index in [-0.39, 0.29) is 24.6 Å². The first-order chi connectivity index (χ1) is 20.3. The second kappa shape index (κ2) is 11.1. The molecule has 2 aliphatic heterocycles. The molecular formula is C27H14F5NO9S. The first-order valence-electron chi connectivity index (χ1n) is 12.0. The zero-order valence-electron chi connectivity index (χ0n) is 21.1. The molecule has 0 bridgehead atoms.